The molecule has 106 valence electrons. The Morgan fingerprint density at radius 1 is 1.40 bits per heavy atom. The second kappa shape index (κ2) is 4.63. The minimum Gasteiger partial charge on any atom is -0.386 e. The van der Waals surface area contributed by atoms with Gasteiger partial charge in [-0.25, -0.2) is 0 Å². The topological polar surface area (TPSA) is 56.3 Å². The van der Waals surface area contributed by atoms with Crippen molar-refractivity contribution >= 4 is 16.8 Å². The fourth-order valence-corrected chi connectivity index (χ4v) is 2.71. The van der Waals surface area contributed by atoms with Crippen molar-refractivity contribution in [3.63, 3.8) is 0 Å². The van der Waals surface area contributed by atoms with Crippen molar-refractivity contribution in [3.05, 3.63) is 36.0 Å². The summed E-state index contributed by atoms with van der Waals surface area (Å²) in [6.07, 6.45) is 2.29. The van der Waals surface area contributed by atoms with Gasteiger partial charge in [0, 0.05) is 17.1 Å². The number of fused-ring (bicyclic) bond motifs is 1. The van der Waals surface area contributed by atoms with E-state index < -0.39 is 5.60 Å². The van der Waals surface area contributed by atoms with Crippen LogP contribution < -0.4 is 0 Å². The summed E-state index contributed by atoms with van der Waals surface area (Å²) in [5, 5.41) is 11.3. The Morgan fingerprint density at radius 3 is 2.80 bits per heavy atom. The molecule has 0 aliphatic carbocycles. The summed E-state index contributed by atoms with van der Waals surface area (Å²) in [7, 11) is 0. The molecule has 1 aromatic heterocycles. The third-order valence-electron chi connectivity index (χ3n) is 4.37. The maximum atomic E-state index is 12.2. The standard InChI is InChI=1S/C16H20N2O2/c1-11(2)16(20)9-18(10-16)15(19)7-12-8-17-14-6-4-3-5-13(12)14/h3-6,8,11,17,20H,7,9-10H2,1-2H3. The highest BCUT2D eigenvalue weighted by atomic mass is 16.3. The molecule has 0 atom stereocenters. The van der Waals surface area contributed by atoms with Gasteiger partial charge in [-0.1, -0.05) is 32.0 Å². The molecule has 2 aromatic rings. The van der Waals surface area contributed by atoms with E-state index in [4.69, 9.17) is 0 Å². The van der Waals surface area contributed by atoms with Crippen LogP contribution >= 0.6 is 0 Å². The van der Waals surface area contributed by atoms with Crippen LogP contribution in [-0.4, -0.2) is 39.6 Å². The number of β-amino-alcohol motifs (C(OH)–C–C–N with tert-alkyl or cyclic N) is 1. The van der Waals surface area contributed by atoms with Crippen molar-refractivity contribution in [2.75, 3.05) is 13.1 Å². The van der Waals surface area contributed by atoms with E-state index >= 15 is 0 Å². The van der Waals surface area contributed by atoms with Crippen LogP contribution in [0.3, 0.4) is 0 Å². The number of nitrogens with zero attached hydrogens (tertiary/aromatic N) is 1. The van der Waals surface area contributed by atoms with Gasteiger partial charge in [-0.15, -0.1) is 0 Å². The lowest BCUT2D eigenvalue weighted by molar-refractivity contribution is -0.163. The molecular weight excluding hydrogens is 252 g/mol. The number of amides is 1. The molecular formula is C16H20N2O2. The molecule has 3 rings (SSSR count). The molecule has 20 heavy (non-hydrogen) atoms. The number of aromatic amines is 1. The van der Waals surface area contributed by atoms with Crippen LogP contribution in [0.5, 0.6) is 0 Å². The van der Waals surface area contributed by atoms with Crippen molar-refractivity contribution in [3.8, 4) is 0 Å². The number of carbonyl (C=O) groups is 1. The van der Waals surface area contributed by atoms with E-state index in [-0.39, 0.29) is 11.8 Å². The van der Waals surface area contributed by atoms with Crippen molar-refractivity contribution in [1.29, 1.82) is 0 Å². The number of carbonyl (C=O) groups excluding carboxylic acids is 1. The average Bonchev–Trinajstić information content (AvgIpc) is 2.78. The summed E-state index contributed by atoms with van der Waals surface area (Å²) in [5.41, 5.74) is 1.37. The van der Waals surface area contributed by atoms with E-state index in [1.165, 1.54) is 0 Å². The van der Waals surface area contributed by atoms with Crippen LogP contribution in [0, 0.1) is 5.92 Å². The molecule has 2 N–H and O–H groups in total. The third kappa shape index (κ3) is 2.10. The largest absolute Gasteiger partial charge is 0.386 e. The quantitative estimate of drug-likeness (QED) is 0.897. The number of H-pyrrole nitrogens is 1. The molecule has 0 radical (unpaired) electrons. The zero-order valence-corrected chi connectivity index (χ0v) is 11.9. The first-order valence-corrected chi connectivity index (χ1v) is 7.05. The minimum absolute atomic E-state index is 0.0834. The second-order valence-corrected chi connectivity index (χ2v) is 6.04. The number of aromatic nitrogens is 1. The van der Waals surface area contributed by atoms with Gasteiger partial charge in [0.15, 0.2) is 0 Å². The summed E-state index contributed by atoms with van der Waals surface area (Å²) in [5.74, 6) is 0.264. The molecule has 1 aliphatic rings. The van der Waals surface area contributed by atoms with Gasteiger partial charge in [-0.05, 0) is 17.5 Å². The minimum atomic E-state index is -0.699. The smallest absolute Gasteiger partial charge is 0.227 e. The predicted octanol–water partition coefficient (Wildman–Crippen LogP) is 1.94. The highest BCUT2D eigenvalue weighted by molar-refractivity contribution is 5.89. The zero-order chi connectivity index (χ0) is 14.3. The Morgan fingerprint density at radius 2 is 2.10 bits per heavy atom. The van der Waals surface area contributed by atoms with Crippen LogP contribution in [0.2, 0.25) is 0 Å². The molecule has 1 aliphatic heterocycles. The normalized spacial score (nSPS) is 17.5. The SMILES string of the molecule is CC(C)C1(O)CN(C(=O)Cc2c[nH]c3ccccc23)C1. The van der Waals surface area contributed by atoms with Gasteiger partial charge in [0.05, 0.1) is 19.5 Å². The fraction of sp³-hybridized carbons (Fsp3) is 0.438. The van der Waals surface area contributed by atoms with E-state index in [1.807, 2.05) is 44.3 Å². The number of rotatable bonds is 3. The van der Waals surface area contributed by atoms with Crippen LogP contribution in [0.4, 0.5) is 0 Å². The third-order valence-corrected chi connectivity index (χ3v) is 4.37. The summed E-state index contributed by atoms with van der Waals surface area (Å²) >= 11 is 0. The van der Waals surface area contributed by atoms with E-state index in [2.05, 4.69) is 4.98 Å². The van der Waals surface area contributed by atoms with Crippen molar-refractivity contribution in [2.45, 2.75) is 25.9 Å². The number of hydrogen-bond acceptors (Lipinski definition) is 2. The predicted molar refractivity (Wildman–Crippen MR) is 78.4 cm³/mol. The number of aliphatic hydroxyl groups is 1. The molecule has 4 nitrogen and oxygen atoms in total. The summed E-state index contributed by atoms with van der Waals surface area (Å²) in [6, 6.07) is 7.98. The summed E-state index contributed by atoms with van der Waals surface area (Å²) in [6.45, 7) is 4.88. The van der Waals surface area contributed by atoms with Gasteiger partial charge in [-0.3, -0.25) is 4.79 Å². The van der Waals surface area contributed by atoms with E-state index in [0.717, 1.165) is 16.5 Å². The average molecular weight is 272 g/mol. The first-order valence-electron chi connectivity index (χ1n) is 7.05. The van der Waals surface area contributed by atoms with Gasteiger partial charge in [0.25, 0.3) is 0 Å². The van der Waals surface area contributed by atoms with Crippen LogP contribution in [-0.2, 0) is 11.2 Å². The van der Waals surface area contributed by atoms with E-state index in [1.54, 1.807) is 4.90 Å². The Kier molecular flexibility index (Phi) is 3.05. The van der Waals surface area contributed by atoms with Gasteiger partial charge < -0.3 is 15.0 Å². The Hall–Kier alpha value is -1.81. The van der Waals surface area contributed by atoms with Crippen LogP contribution in [0.25, 0.3) is 10.9 Å². The van der Waals surface area contributed by atoms with Gasteiger partial charge in [0.2, 0.25) is 5.91 Å². The Bertz CT molecular complexity index is 639. The number of likely N-dealkylation sites (tertiary alicyclic amines) is 1. The highest BCUT2D eigenvalue weighted by Gasteiger charge is 2.45. The molecule has 1 amide bonds. The fourth-order valence-electron chi connectivity index (χ4n) is 2.71. The molecule has 0 spiro atoms. The van der Waals surface area contributed by atoms with Gasteiger partial charge >= 0.3 is 0 Å². The van der Waals surface area contributed by atoms with Crippen LogP contribution in [0.15, 0.2) is 30.5 Å². The Balaban J connectivity index is 1.69. The number of nitrogens with one attached hydrogen (secondary N) is 1. The molecule has 1 fully saturated rings. The molecule has 1 aromatic carbocycles. The molecule has 2 heterocycles. The molecule has 0 unspecified atom stereocenters. The number of hydrogen-bond donors (Lipinski definition) is 2. The maximum absolute atomic E-state index is 12.2. The monoisotopic (exact) mass is 272 g/mol. The second-order valence-electron chi connectivity index (χ2n) is 6.04. The lowest BCUT2D eigenvalue weighted by Crippen LogP contribution is -2.66. The summed E-state index contributed by atoms with van der Waals surface area (Å²) < 4.78 is 0. The van der Waals surface area contributed by atoms with Crippen molar-refractivity contribution < 1.29 is 9.90 Å². The highest BCUT2D eigenvalue weighted by Crippen LogP contribution is 2.29. The zero-order valence-electron chi connectivity index (χ0n) is 11.9. The van der Waals surface area contributed by atoms with Crippen molar-refractivity contribution in [2.24, 2.45) is 5.92 Å². The lowest BCUT2D eigenvalue weighted by Gasteiger charge is -2.49. The van der Waals surface area contributed by atoms with Crippen molar-refractivity contribution in [1.82, 2.24) is 9.88 Å². The first-order chi connectivity index (χ1) is 9.49. The summed E-state index contributed by atoms with van der Waals surface area (Å²) in [4.78, 5) is 17.2. The van der Waals surface area contributed by atoms with Crippen LogP contribution in [0.1, 0.15) is 19.4 Å². The maximum Gasteiger partial charge on any atom is 0.227 e. The Labute approximate surface area is 118 Å². The molecule has 0 saturated carbocycles. The number of benzene rings is 1. The molecule has 4 heteroatoms. The first kappa shape index (κ1) is 13.2. The number of para-hydroxylation sites is 1. The van der Waals surface area contributed by atoms with E-state index in [9.17, 15) is 9.90 Å². The van der Waals surface area contributed by atoms with E-state index in [0.29, 0.717) is 19.5 Å². The lowest BCUT2D eigenvalue weighted by atomic mass is 9.83. The molecule has 1 saturated heterocycles. The van der Waals surface area contributed by atoms with Gasteiger partial charge in [0.1, 0.15) is 5.60 Å². The molecule has 0 bridgehead atoms. The van der Waals surface area contributed by atoms with Gasteiger partial charge in [-0.2, -0.15) is 0 Å².